The number of carbonyl (C=O) groups is 1. The summed E-state index contributed by atoms with van der Waals surface area (Å²) in [6, 6.07) is 1.77. The standard InChI is InChI=1S/C17H33F3N3O3P/c1-14(2)23(15(3)4)27(25,26,13-9-10-21)12-8-6-5-7-11-22-16(24)17(18,19)20/h14-15,25-26H,5-9,11-13H2,1-4H3,(H,22,24). The van der Waals surface area contributed by atoms with Crippen molar-refractivity contribution < 1.29 is 27.8 Å². The maximum absolute atomic E-state index is 12.1. The Balaban J connectivity index is 4.64. The zero-order valence-corrected chi connectivity index (χ0v) is 17.5. The van der Waals surface area contributed by atoms with Gasteiger partial charge in [0.2, 0.25) is 0 Å². The van der Waals surface area contributed by atoms with Gasteiger partial charge in [-0.25, -0.2) is 0 Å². The summed E-state index contributed by atoms with van der Waals surface area (Å²) in [5.41, 5.74) is 0. The summed E-state index contributed by atoms with van der Waals surface area (Å²) in [5, 5.41) is 10.7. The number of nitrogens with zero attached hydrogens (tertiary/aromatic N) is 2. The number of rotatable bonds is 12. The molecule has 0 saturated heterocycles. The Kier molecular flexibility index (Phi) is 10.2. The van der Waals surface area contributed by atoms with Crippen LogP contribution in [0.25, 0.3) is 0 Å². The van der Waals surface area contributed by atoms with E-state index in [0.717, 1.165) is 0 Å². The maximum atomic E-state index is 12.1. The molecule has 0 spiro atoms. The third-order valence-corrected chi connectivity index (χ3v) is 8.72. The summed E-state index contributed by atoms with van der Waals surface area (Å²) < 4.78 is 37.9. The SMILES string of the molecule is CC(C)N(C(C)C)P(O)(O)(CCC#N)CCCCCCNC(=O)C(F)(F)F. The molecule has 0 aromatic heterocycles. The molecule has 10 heteroatoms. The normalized spacial score (nSPS) is 14.3. The van der Waals surface area contributed by atoms with Crippen molar-refractivity contribution in [3.05, 3.63) is 0 Å². The molecule has 1 amide bonds. The quantitative estimate of drug-likeness (QED) is 0.335. The molecule has 0 aromatic carbocycles. The van der Waals surface area contributed by atoms with Crippen molar-refractivity contribution in [3.63, 3.8) is 0 Å². The first kappa shape index (κ1) is 26.1. The second kappa shape index (κ2) is 10.6. The van der Waals surface area contributed by atoms with E-state index in [2.05, 4.69) is 0 Å². The summed E-state index contributed by atoms with van der Waals surface area (Å²) in [6.07, 6.45) is -2.64. The summed E-state index contributed by atoms with van der Waals surface area (Å²) >= 11 is 0. The zero-order chi connectivity index (χ0) is 21.3. The van der Waals surface area contributed by atoms with Crippen LogP contribution in [0.15, 0.2) is 0 Å². The average molecular weight is 415 g/mol. The molecule has 160 valence electrons. The van der Waals surface area contributed by atoms with Crippen molar-refractivity contribution in [3.8, 4) is 6.07 Å². The number of unbranched alkanes of at least 4 members (excludes halogenated alkanes) is 3. The minimum absolute atomic E-state index is 0.0140. The van der Waals surface area contributed by atoms with Gasteiger partial charge >= 0.3 is 159 Å². The Bertz CT molecular complexity index is 512. The average Bonchev–Trinajstić information content (AvgIpc) is 2.50. The van der Waals surface area contributed by atoms with Crippen LogP contribution >= 0.6 is 7.21 Å². The van der Waals surface area contributed by atoms with E-state index in [-0.39, 0.29) is 37.4 Å². The molecule has 0 fully saturated rings. The summed E-state index contributed by atoms with van der Waals surface area (Å²) in [5.74, 6) is -1.95. The first-order chi connectivity index (χ1) is 12.2. The molecule has 3 N–H and O–H groups in total. The van der Waals surface area contributed by atoms with Crippen LogP contribution in [0.1, 0.15) is 59.8 Å². The molecule has 0 atom stereocenters. The molecular formula is C17H33F3N3O3P. The Hall–Kier alpha value is -0.940. The van der Waals surface area contributed by atoms with Gasteiger partial charge in [0.1, 0.15) is 0 Å². The summed E-state index contributed by atoms with van der Waals surface area (Å²) in [7, 11) is -4.23. The number of nitriles is 1. The van der Waals surface area contributed by atoms with Crippen LogP contribution in [0, 0.1) is 11.3 Å². The van der Waals surface area contributed by atoms with Gasteiger partial charge in [-0.05, 0) is 0 Å². The Morgan fingerprint density at radius 2 is 1.59 bits per heavy atom. The van der Waals surface area contributed by atoms with Crippen LogP contribution in [0.4, 0.5) is 13.2 Å². The molecule has 0 aliphatic rings. The molecule has 0 aliphatic carbocycles. The number of carbonyl (C=O) groups excluding carboxylic acids is 1. The van der Waals surface area contributed by atoms with Gasteiger partial charge in [0.05, 0.1) is 0 Å². The number of alkyl halides is 3. The van der Waals surface area contributed by atoms with E-state index in [1.54, 1.807) is 4.67 Å². The van der Waals surface area contributed by atoms with Crippen molar-refractivity contribution in [2.75, 3.05) is 18.9 Å². The van der Waals surface area contributed by atoms with Crippen molar-refractivity contribution in [1.29, 1.82) is 5.26 Å². The van der Waals surface area contributed by atoms with Crippen molar-refractivity contribution >= 4 is 13.1 Å². The van der Waals surface area contributed by atoms with Crippen molar-refractivity contribution in [2.24, 2.45) is 0 Å². The monoisotopic (exact) mass is 415 g/mol. The van der Waals surface area contributed by atoms with Crippen LogP contribution < -0.4 is 5.32 Å². The van der Waals surface area contributed by atoms with Gasteiger partial charge in [-0.15, -0.1) is 0 Å². The number of nitrogens with one attached hydrogen (secondary N) is 1. The summed E-state index contributed by atoms with van der Waals surface area (Å²) in [6.45, 7) is 7.44. The summed E-state index contributed by atoms with van der Waals surface area (Å²) in [4.78, 5) is 33.2. The van der Waals surface area contributed by atoms with E-state index in [1.807, 2.05) is 39.1 Å². The number of hydrogen-bond acceptors (Lipinski definition) is 5. The van der Waals surface area contributed by atoms with Gasteiger partial charge in [0, 0.05) is 0 Å². The number of amides is 1. The fourth-order valence-electron chi connectivity index (χ4n) is 3.50. The number of halogens is 3. The topological polar surface area (TPSA) is 96.6 Å². The molecular weight excluding hydrogens is 382 g/mol. The van der Waals surface area contributed by atoms with Gasteiger partial charge in [-0.2, -0.15) is 0 Å². The van der Waals surface area contributed by atoms with Crippen LogP contribution in [-0.2, 0) is 4.79 Å². The second-order valence-electron chi connectivity index (χ2n) is 7.43. The Morgan fingerprint density at radius 3 is 2.04 bits per heavy atom. The first-order valence-corrected chi connectivity index (χ1v) is 11.7. The fraction of sp³-hybridized carbons (Fsp3) is 0.882. The van der Waals surface area contributed by atoms with E-state index in [1.165, 1.54) is 0 Å². The van der Waals surface area contributed by atoms with E-state index in [0.29, 0.717) is 25.7 Å². The second-order valence-corrected chi connectivity index (χ2v) is 11.5. The molecule has 0 aliphatic heterocycles. The van der Waals surface area contributed by atoms with E-state index in [9.17, 15) is 27.8 Å². The van der Waals surface area contributed by atoms with Gasteiger partial charge in [0.15, 0.2) is 0 Å². The molecule has 0 bridgehead atoms. The van der Waals surface area contributed by atoms with Gasteiger partial charge in [-0.1, -0.05) is 0 Å². The molecule has 0 radical (unpaired) electrons. The fourth-order valence-corrected chi connectivity index (χ4v) is 7.75. The molecule has 27 heavy (non-hydrogen) atoms. The van der Waals surface area contributed by atoms with Gasteiger partial charge in [0.25, 0.3) is 0 Å². The molecule has 0 rings (SSSR count). The van der Waals surface area contributed by atoms with Crippen LogP contribution in [0.2, 0.25) is 0 Å². The van der Waals surface area contributed by atoms with Gasteiger partial charge in [-0.3, -0.25) is 0 Å². The molecule has 6 nitrogen and oxygen atoms in total. The van der Waals surface area contributed by atoms with E-state index in [4.69, 9.17) is 5.26 Å². The van der Waals surface area contributed by atoms with Crippen LogP contribution in [-0.4, -0.2) is 57.5 Å². The Labute approximate surface area is 159 Å². The molecule has 0 heterocycles. The zero-order valence-electron chi connectivity index (χ0n) is 16.6. The van der Waals surface area contributed by atoms with Crippen LogP contribution in [0.3, 0.4) is 0 Å². The van der Waals surface area contributed by atoms with Crippen LogP contribution in [0.5, 0.6) is 0 Å². The van der Waals surface area contributed by atoms with E-state index < -0.39 is 19.3 Å². The minimum atomic E-state index is -4.87. The van der Waals surface area contributed by atoms with Crippen molar-refractivity contribution in [1.82, 2.24) is 9.99 Å². The predicted molar refractivity (Wildman–Crippen MR) is 101 cm³/mol. The van der Waals surface area contributed by atoms with E-state index >= 15 is 0 Å². The third kappa shape index (κ3) is 8.73. The first-order valence-electron chi connectivity index (χ1n) is 9.26. The molecule has 0 unspecified atom stereocenters. The third-order valence-electron chi connectivity index (χ3n) is 4.36. The molecule has 0 saturated carbocycles. The van der Waals surface area contributed by atoms with Crippen molar-refractivity contribution in [2.45, 2.75) is 78.1 Å². The number of hydrogen-bond donors (Lipinski definition) is 3. The van der Waals surface area contributed by atoms with Gasteiger partial charge < -0.3 is 0 Å². The molecule has 0 aromatic rings. The predicted octanol–water partition coefficient (Wildman–Crippen LogP) is 3.54. The Morgan fingerprint density at radius 1 is 1.07 bits per heavy atom.